The van der Waals surface area contributed by atoms with Crippen molar-refractivity contribution in [2.45, 2.75) is 11.4 Å². The van der Waals surface area contributed by atoms with Crippen LogP contribution in [-0.4, -0.2) is 51.2 Å². The van der Waals surface area contributed by atoms with E-state index < -0.39 is 10.0 Å². The molecule has 1 saturated heterocycles. The lowest BCUT2D eigenvalue weighted by Gasteiger charge is -2.26. The zero-order valence-corrected chi connectivity index (χ0v) is 17.2. The number of rotatable bonds is 6. The number of nitrogens with one attached hydrogen (secondary N) is 2. The third-order valence-electron chi connectivity index (χ3n) is 4.33. The summed E-state index contributed by atoms with van der Waals surface area (Å²) in [5.41, 5.74) is 1.78. The van der Waals surface area contributed by atoms with Gasteiger partial charge >= 0.3 is 0 Å². The molecule has 0 aliphatic carbocycles. The van der Waals surface area contributed by atoms with E-state index in [1.807, 2.05) is 24.3 Å². The molecule has 9 heteroatoms. The van der Waals surface area contributed by atoms with Crippen LogP contribution >= 0.6 is 12.2 Å². The Labute approximate surface area is 170 Å². The average molecular weight is 422 g/mol. The van der Waals surface area contributed by atoms with Gasteiger partial charge in [0.2, 0.25) is 10.0 Å². The predicted molar refractivity (Wildman–Crippen MR) is 112 cm³/mol. The van der Waals surface area contributed by atoms with E-state index in [4.69, 9.17) is 21.7 Å². The Bertz CT molecular complexity index is 894. The van der Waals surface area contributed by atoms with Crippen molar-refractivity contribution in [1.82, 2.24) is 9.62 Å². The Morgan fingerprint density at radius 1 is 1.11 bits per heavy atom. The number of nitrogens with zero attached hydrogens (tertiary/aromatic N) is 1. The summed E-state index contributed by atoms with van der Waals surface area (Å²) in [4.78, 5) is 0.261. The first-order chi connectivity index (χ1) is 13.5. The van der Waals surface area contributed by atoms with Gasteiger partial charge in [-0.25, -0.2) is 8.42 Å². The van der Waals surface area contributed by atoms with Crippen LogP contribution in [0.2, 0.25) is 0 Å². The van der Waals surface area contributed by atoms with E-state index in [2.05, 4.69) is 10.6 Å². The molecule has 2 aromatic rings. The van der Waals surface area contributed by atoms with Crippen LogP contribution in [0.25, 0.3) is 0 Å². The first kappa shape index (κ1) is 20.5. The lowest BCUT2D eigenvalue weighted by Crippen LogP contribution is -2.40. The summed E-state index contributed by atoms with van der Waals surface area (Å²) >= 11 is 5.31. The highest BCUT2D eigenvalue weighted by Gasteiger charge is 2.26. The second kappa shape index (κ2) is 9.33. The van der Waals surface area contributed by atoms with Crippen LogP contribution in [0.4, 0.5) is 5.69 Å². The first-order valence-electron chi connectivity index (χ1n) is 8.85. The normalized spacial score (nSPS) is 15.0. The summed E-state index contributed by atoms with van der Waals surface area (Å²) in [6, 6.07) is 14.3. The molecular formula is C19H23N3O4S2. The molecule has 0 aromatic heterocycles. The topological polar surface area (TPSA) is 79.9 Å². The van der Waals surface area contributed by atoms with Gasteiger partial charge in [0, 0.05) is 25.3 Å². The van der Waals surface area contributed by atoms with Gasteiger partial charge in [-0.2, -0.15) is 4.31 Å². The number of sulfonamides is 1. The maximum atomic E-state index is 12.6. The molecule has 1 aliphatic heterocycles. The van der Waals surface area contributed by atoms with Crippen LogP contribution in [0.15, 0.2) is 53.4 Å². The van der Waals surface area contributed by atoms with Crippen molar-refractivity contribution in [3.63, 3.8) is 0 Å². The summed E-state index contributed by atoms with van der Waals surface area (Å²) in [6.45, 7) is 2.17. The highest BCUT2D eigenvalue weighted by atomic mass is 32.2. The highest BCUT2D eigenvalue weighted by Crippen LogP contribution is 2.19. The van der Waals surface area contributed by atoms with Crippen LogP contribution in [0.3, 0.4) is 0 Å². The fourth-order valence-electron chi connectivity index (χ4n) is 2.75. The SMILES string of the molecule is COc1ccc(CNC(=S)Nc2ccc(S(=O)(=O)N3CCOCC3)cc2)cc1. The standard InChI is InChI=1S/C19H23N3O4S2/c1-25-17-6-2-15(3-7-17)14-20-19(27)21-16-4-8-18(9-5-16)28(23,24)22-10-12-26-13-11-22/h2-9H,10-14H2,1H3,(H2,20,21,27). The minimum Gasteiger partial charge on any atom is -0.497 e. The summed E-state index contributed by atoms with van der Waals surface area (Å²) in [5.74, 6) is 0.802. The van der Waals surface area contributed by atoms with Crippen molar-refractivity contribution in [1.29, 1.82) is 0 Å². The van der Waals surface area contributed by atoms with Crippen molar-refractivity contribution >= 4 is 33.0 Å². The molecule has 0 amide bonds. The predicted octanol–water partition coefficient (Wildman–Crippen LogP) is 2.20. The number of morpholine rings is 1. The molecule has 1 heterocycles. The molecule has 28 heavy (non-hydrogen) atoms. The van der Waals surface area contributed by atoms with Gasteiger partial charge < -0.3 is 20.1 Å². The van der Waals surface area contributed by atoms with Crippen molar-refractivity contribution in [2.75, 3.05) is 38.7 Å². The Morgan fingerprint density at radius 2 is 1.75 bits per heavy atom. The van der Waals surface area contributed by atoms with Gasteiger partial charge in [-0.1, -0.05) is 12.1 Å². The quantitative estimate of drug-likeness (QED) is 0.692. The summed E-state index contributed by atoms with van der Waals surface area (Å²) in [6.07, 6.45) is 0. The van der Waals surface area contributed by atoms with E-state index in [0.29, 0.717) is 43.6 Å². The molecule has 0 bridgehead atoms. The van der Waals surface area contributed by atoms with Gasteiger partial charge in [-0.15, -0.1) is 0 Å². The van der Waals surface area contributed by atoms with Crippen molar-refractivity contribution < 1.29 is 17.9 Å². The smallest absolute Gasteiger partial charge is 0.243 e. The van der Waals surface area contributed by atoms with Gasteiger partial charge in [-0.05, 0) is 54.2 Å². The van der Waals surface area contributed by atoms with Crippen molar-refractivity contribution in [3.8, 4) is 5.75 Å². The molecule has 0 saturated carbocycles. The molecule has 1 fully saturated rings. The lowest BCUT2D eigenvalue weighted by molar-refractivity contribution is 0.0730. The zero-order chi connectivity index (χ0) is 20.0. The minimum absolute atomic E-state index is 0.261. The van der Waals surface area contributed by atoms with Crippen LogP contribution in [0.1, 0.15) is 5.56 Å². The first-order valence-corrected chi connectivity index (χ1v) is 10.7. The van der Waals surface area contributed by atoms with Crippen molar-refractivity contribution in [3.05, 3.63) is 54.1 Å². The fourth-order valence-corrected chi connectivity index (χ4v) is 4.35. The number of hydrogen-bond donors (Lipinski definition) is 2. The van der Waals surface area contributed by atoms with Gasteiger partial charge in [0.25, 0.3) is 0 Å². The molecule has 0 atom stereocenters. The van der Waals surface area contributed by atoms with E-state index >= 15 is 0 Å². The molecule has 0 radical (unpaired) electrons. The molecule has 7 nitrogen and oxygen atoms in total. The minimum atomic E-state index is -3.49. The maximum Gasteiger partial charge on any atom is 0.243 e. The largest absolute Gasteiger partial charge is 0.497 e. The van der Waals surface area contributed by atoms with Gasteiger partial charge in [0.05, 0.1) is 25.2 Å². The molecule has 3 rings (SSSR count). The van der Waals surface area contributed by atoms with Crippen molar-refractivity contribution in [2.24, 2.45) is 0 Å². The van der Waals surface area contributed by atoms with Gasteiger partial charge in [-0.3, -0.25) is 0 Å². The number of anilines is 1. The number of benzene rings is 2. The molecule has 1 aliphatic rings. The summed E-state index contributed by atoms with van der Waals surface area (Å²) in [5, 5.41) is 6.64. The van der Waals surface area contributed by atoms with Crippen LogP contribution in [0, 0.1) is 0 Å². The second-order valence-corrected chi connectivity index (χ2v) is 8.54. The molecule has 150 valence electrons. The fraction of sp³-hybridized carbons (Fsp3) is 0.316. The lowest BCUT2D eigenvalue weighted by atomic mass is 10.2. The Kier molecular flexibility index (Phi) is 6.84. The third-order valence-corrected chi connectivity index (χ3v) is 6.49. The maximum absolute atomic E-state index is 12.6. The van der Waals surface area contributed by atoms with E-state index in [1.165, 1.54) is 4.31 Å². The molecule has 0 spiro atoms. The van der Waals surface area contributed by atoms with Crippen LogP contribution in [-0.2, 0) is 21.3 Å². The molecule has 0 unspecified atom stereocenters. The zero-order valence-electron chi connectivity index (χ0n) is 15.6. The Hall–Kier alpha value is -2.20. The summed E-state index contributed by atoms with van der Waals surface area (Å²) in [7, 11) is -1.86. The van der Waals surface area contributed by atoms with Crippen LogP contribution < -0.4 is 15.4 Å². The second-order valence-electron chi connectivity index (χ2n) is 6.20. The number of methoxy groups -OCH3 is 1. The van der Waals surface area contributed by atoms with Gasteiger partial charge in [0.15, 0.2) is 5.11 Å². The molecule has 2 N–H and O–H groups in total. The van der Waals surface area contributed by atoms with Gasteiger partial charge in [0.1, 0.15) is 5.75 Å². The van der Waals surface area contributed by atoms with E-state index in [1.54, 1.807) is 31.4 Å². The summed E-state index contributed by atoms with van der Waals surface area (Å²) < 4.78 is 37.1. The van der Waals surface area contributed by atoms with E-state index in [-0.39, 0.29) is 4.90 Å². The van der Waals surface area contributed by atoms with E-state index in [0.717, 1.165) is 11.3 Å². The number of ether oxygens (including phenoxy) is 2. The third kappa shape index (κ3) is 5.20. The number of thiocarbonyl (C=S) groups is 1. The van der Waals surface area contributed by atoms with E-state index in [9.17, 15) is 8.42 Å². The highest BCUT2D eigenvalue weighted by molar-refractivity contribution is 7.89. The Balaban J connectivity index is 1.55. The Morgan fingerprint density at radius 3 is 2.36 bits per heavy atom. The molecular weight excluding hydrogens is 398 g/mol. The average Bonchev–Trinajstić information content (AvgIpc) is 2.73. The monoisotopic (exact) mass is 421 g/mol. The van der Waals surface area contributed by atoms with Crippen LogP contribution in [0.5, 0.6) is 5.75 Å². The molecule has 2 aromatic carbocycles. The number of hydrogen-bond acceptors (Lipinski definition) is 5.